The van der Waals surface area contributed by atoms with Crippen LogP contribution in [0, 0.1) is 12.8 Å². The molecule has 2 aliphatic heterocycles. The molecule has 2 saturated heterocycles. The van der Waals surface area contributed by atoms with E-state index in [1.54, 1.807) is 0 Å². The van der Waals surface area contributed by atoms with E-state index < -0.39 is 0 Å². The van der Waals surface area contributed by atoms with Crippen LogP contribution in [0.4, 0.5) is 0 Å². The first kappa shape index (κ1) is 20.9. The maximum absolute atomic E-state index is 12.9. The van der Waals surface area contributed by atoms with Gasteiger partial charge >= 0.3 is 0 Å². The molecular formula is C23H31N3O4. The van der Waals surface area contributed by atoms with Crippen LogP contribution >= 0.6 is 0 Å². The average molecular weight is 414 g/mol. The summed E-state index contributed by atoms with van der Waals surface area (Å²) in [6.45, 7) is 9.76. The van der Waals surface area contributed by atoms with Gasteiger partial charge in [-0.3, -0.25) is 9.69 Å². The molecule has 1 aromatic carbocycles. The van der Waals surface area contributed by atoms with Gasteiger partial charge in [0.15, 0.2) is 0 Å². The highest BCUT2D eigenvalue weighted by Gasteiger charge is 2.30. The number of carbonyl (C=O) groups excluding carboxylic acids is 1. The van der Waals surface area contributed by atoms with Crippen molar-refractivity contribution in [1.82, 2.24) is 14.8 Å². The number of oxazole rings is 1. The monoisotopic (exact) mass is 413 g/mol. The highest BCUT2D eigenvalue weighted by molar-refractivity contribution is 5.79. The number of aryl methyl sites for hydroxylation is 1. The third-order valence-electron chi connectivity index (χ3n) is 5.86. The van der Waals surface area contributed by atoms with Gasteiger partial charge in [-0.1, -0.05) is 0 Å². The minimum Gasteiger partial charge on any atom is -0.494 e. The Morgan fingerprint density at radius 1 is 1.20 bits per heavy atom. The third kappa shape index (κ3) is 4.84. The van der Waals surface area contributed by atoms with E-state index in [0.717, 1.165) is 48.7 Å². The van der Waals surface area contributed by atoms with Crippen LogP contribution in [0.2, 0.25) is 0 Å². The molecule has 1 atom stereocenters. The molecule has 0 N–H and O–H groups in total. The zero-order valence-electron chi connectivity index (χ0n) is 17.9. The summed E-state index contributed by atoms with van der Waals surface area (Å²) >= 11 is 0. The van der Waals surface area contributed by atoms with Crippen molar-refractivity contribution in [2.45, 2.75) is 33.2 Å². The normalized spacial score (nSPS) is 20.3. The number of piperidine rings is 1. The molecule has 0 saturated carbocycles. The lowest BCUT2D eigenvalue weighted by molar-refractivity contribution is -0.141. The lowest BCUT2D eigenvalue weighted by Crippen LogP contribution is -2.48. The van der Waals surface area contributed by atoms with Gasteiger partial charge in [0.25, 0.3) is 0 Å². The van der Waals surface area contributed by atoms with E-state index in [2.05, 4.69) is 4.90 Å². The number of carbonyl (C=O) groups is 1. The topological polar surface area (TPSA) is 68.0 Å². The van der Waals surface area contributed by atoms with E-state index in [4.69, 9.17) is 18.9 Å². The molecule has 2 aliphatic rings. The SMILES string of the molecule is CCOc1ccc(-c2nc(CN3CCC[C@@H](C(=O)N4CCOCC4)C3)c(C)o2)cc1. The highest BCUT2D eigenvalue weighted by Crippen LogP contribution is 2.26. The van der Waals surface area contributed by atoms with E-state index in [-0.39, 0.29) is 11.8 Å². The fraction of sp³-hybridized carbons (Fsp3) is 0.565. The second-order valence-corrected chi connectivity index (χ2v) is 7.99. The van der Waals surface area contributed by atoms with Gasteiger partial charge < -0.3 is 18.8 Å². The lowest BCUT2D eigenvalue weighted by atomic mass is 9.96. The Morgan fingerprint density at radius 2 is 1.97 bits per heavy atom. The van der Waals surface area contributed by atoms with Crippen LogP contribution < -0.4 is 4.74 Å². The Labute approximate surface area is 178 Å². The van der Waals surface area contributed by atoms with Gasteiger partial charge in [0.1, 0.15) is 11.5 Å². The summed E-state index contributed by atoms with van der Waals surface area (Å²) in [5.74, 6) is 2.64. The number of amides is 1. The van der Waals surface area contributed by atoms with Crippen LogP contribution in [0.1, 0.15) is 31.2 Å². The van der Waals surface area contributed by atoms with Gasteiger partial charge in [0.2, 0.25) is 11.8 Å². The molecule has 0 radical (unpaired) electrons. The smallest absolute Gasteiger partial charge is 0.227 e. The highest BCUT2D eigenvalue weighted by atomic mass is 16.5. The quantitative estimate of drug-likeness (QED) is 0.725. The predicted octanol–water partition coefficient (Wildman–Crippen LogP) is 3.12. The van der Waals surface area contributed by atoms with Crippen molar-refractivity contribution in [3.8, 4) is 17.2 Å². The Bertz CT molecular complexity index is 843. The van der Waals surface area contributed by atoms with Gasteiger partial charge in [-0.2, -0.15) is 0 Å². The van der Waals surface area contributed by atoms with Gasteiger partial charge in [0.05, 0.1) is 31.4 Å². The molecule has 7 nitrogen and oxygen atoms in total. The number of hydrogen-bond acceptors (Lipinski definition) is 6. The van der Waals surface area contributed by atoms with Crippen LogP contribution in [0.5, 0.6) is 5.75 Å². The summed E-state index contributed by atoms with van der Waals surface area (Å²) in [7, 11) is 0. The summed E-state index contributed by atoms with van der Waals surface area (Å²) in [6, 6.07) is 7.81. The predicted molar refractivity (Wildman–Crippen MR) is 113 cm³/mol. The summed E-state index contributed by atoms with van der Waals surface area (Å²) in [6.07, 6.45) is 1.99. The largest absolute Gasteiger partial charge is 0.494 e. The van der Waals surface area contributed by atoms with Crippen molar-refractivity contribution in [2.75, 3.05) is 46.0 Å². The van der Waals surface area contributed by atoms with Crippen molar-refractivity contribution in [1.29, 1.82) is 0 Å². The number of ether oxygens (including phenoxy) is 2. The first-order valence-electron chi connectivity index (χ1n) is 10.9. The number of nitrogens with zero attached hydrogens (tertiary/aromatic N) is 3. The van der Waals surface area contributed by atoms with Crippen LogP contribution in [0.25, 0.3) is 11.5 Å². The maximum atomic E-state index is 12.9. The number of likely N-dealkylation sites (tertiary alicyclic amines) is 1. The van der Waals surface area contributed by atoms with Gasteiger partial charge in [-0.15, -0.1) is 0 Å². The molecule has 162 valence electrons. The summed E-state index contributed by atoms with van der Waals surface area (Å²) < 4.78 is 16.8. The fourth-order valence-electron chi connectivity index (χ4n) is 4.21. The maximum Gasteiger partial charge on any atom is 0.227 e. The molecule has 2 fully saturated rings. The van der Waals surface area contributed by atoms with E-state index >= 15 is 0 Å². The first-order valence-corrected chi connectivity index (χ1v) is 10.9. The molecule has 0 aliphatic carbocycles. The molecule has 1 amide bonds. The van der Waals surface area contributed by atoms with E-state index in [1.165, 1.54) is 0 Å². The molecule has 4 rings (SSSR count). The minimum atomic E-state index is 0.0645. The second-order valence-electron chi connectivity index (χ2n) is 7.99. The lowest BCUT2D eigenvalue weighted by Gasteiger charge is -2.36. The fourth-order valence-corrected chi connectivity index (χ4v) is 4.21. The van der Waals surface area contributed by atoms with Crippen LogP contribution in [-0.2, 0) is 16.1 Å². The van der Waals surface area contributed by atoms with Crippen LogP contribution in [0.15, 0.2) is 28.7 Å². The second kappa shape index (κ2) is 9.62. The Hall–Kier alpha value is -2.38. The molecule has 0 bridgehead atoms. The first-order chi connectivity index (χ1) is 14.6. The number of aromatic nitrogens is 1. The van der Waals surface area contributed by atoms with Gasteiger partial charge in [-0.05, 0) is 57.5 Å². The van der Waals surface area contributed by atoms with E-state index in [9.17, 15) is 4.79 Å². The van der Waals surface area contributed by atoms with Crippen molar-refractivity contribution in [3.63, 3.8) is 0 Å². The van der Waals surface area contributed by atoms with Crippen molar-refractivity contribution in [2.24, 2.45) is 5.92 Å². The van der Waals surface area contributed by atoms with Crippen molar-refractivity contribution in [3.05, 3.63) is 35.7 Å². The molecule has 0 spiro atoms. The summed E-state index contributed by atoms with van der Waals surface area (Å²) in [5.41, 5.74) is 1.88. The molecule has 7 heteroatoms. The number of rotatable bonds is 6. The average Bonchev–Trinajstić information content (AvgIpc) is 3.15. The Morgan fingerprint density at radius 3 is 2.70 bits per heavy atom. The van der Waals surface area contributed by atoms with Gasteiger partial charge in [-0.25, -0.2) is 4.98 Å². The standard InChI is InChI=1S/C23H31N3O4/c1-3-29-20-8-6-18(7-9-20)22-24-21(17(2)30-22)16-25-10-4-5-19(15-25)23(27)26-11-13-28-14-12-26/h6-9,19H,3-5,10-16H2,1-2H3/t19-/m1/s1. The molecule has 30 heavy (non-hydrogen) atoms. The Balaban J connectivity index is 1.39. The molecule has 1 aromatic heterocycles. The van der Waals surface area contributed by atoms with Gasteiger partial charge in [0, 0.05) is 31.7 Å². The number of hydrogen-bond donors (Lipinski definition) is 0. The van der Waals surface area contributed by atoms with E-state index in [0.29, 0.717) is 45.3 Å². The zero-order chi connectivity index (χ0) is 20.9. The molecule has 2 aromatic rings. The zero-order valence-corrected chi connectivity index (χ0v) is 17.9. The van der Waals surface area contributed by atoms with Crippen LogP contribution in [0.3, 0.4) is 0 Å². The Kier molecular flexibility index (Phi) is 6.69. The third-order valence-corrected chi connectivity index (χ3v) is 5.86. The van der Waals surface area contributed by atoms with Crippen LogP contribution in [-0.4, -0.2) is 66.7 Å². The number of benzene rings is 1. The van der Waals surface area contributed by atoms with Crippen molar-refractivity contribution >= 4 is 5.91 Å². The van der Waals surface area contributed by atoms with E-state index in [1.807, 2.05) is 43.0 Å². The molecule has 3 heterocycles. The molecule has 0 unspecified atom stereocenters. The summed E-state index contributed by atoms with van der Waals surface area (Å²) in [4.78, 5) is 21.9. The summed E-state index contributed by atoms with van der Waals surface area (Å²) in [5, 5.41) is 0. The minimum absolute atomic E-state index is 0.0645. The van der Waals surface area contributed by atoms with Crippen molar-refractivity contribution < 1.29 is 18.7 Å². The number of morpholine rings is 1. The molecular weight excluding hydrogens is 382 g/mol.